The molecule has 1 saturated carbocycles. The molecule has 2 heterocycles. The Morgan fingerprint density at radius 1 is 0.868 bits per heavy atom. The van der Waals surface area contributed by atoms with E-state index in [0.29, 0.717) is 65.6 Å². The number of unbranched alkanes of at least 4 members (excludes halogenated alkanes) is 3. The van der Waals surface area contributed by atoms with Crippen molar-refractivity contribution >= 4 is 40.9 Å². The summed E-state index contributed by atoms with van der Waals surface area (Å²) < 4.78 is 10.6. The number of carbonyl (C=O) groups is 5. The number of benzene rings is 3. The maximum Gasteiger partial charge on any atom is 0.262 e. The maximum absolute atomic E-state index is 13.5. The molecule has 1 aromatic heterocycles. The molecule has 5 amide bonds. The zero-order valence-electron chi connectivity index (χ0n) is 29.3. The molecule has 4 aromatic rings. The first kappa shape index (κ1) is 36.8. The van der Waals surface area contributed by atoms with Crippen molar-refractivity contribution in [3.8, 4) is 5.75 Å². The second-order valence-electron chi connectivity index (χ2n) is 13.2. The van der Waals surface area contributed by atoms with Crippen molar-refractivity contribution in [3.63, 3.8) is 0 Å². The van der Waals surface area contributed by atoms with Crippen LogP contribution in [0.25, 0.3) is 0 Å². The number of oxazole rings is 1. The second kappa shape index (κ2) is 17.5. The van der Waals surface area contributed by atoms with Crippen LogP contribution in [0.4, 0.5) is 11.4 Å². The minimum absolute atomic E-state index is 0.0852. The summed E-state index contributed by atoms with van der Waals surface area (Å²) in [7, 11) is 0. The Balaban J connectivity index is 0.889. The van der Waals surface area contributed by atoms with Crippen molar-refractivity contribution in [3.05, 3.63) is 107 Å². The average Bonchev–Trinajstić information content (AvgIpc) is 3.89. The molecule has 1 aliphatic heterocycles. The number of hydrogen-bond donors (Lipinski definition) is 5. The van der Waals surface area contributed by atoms with Crippen molar-refractivity contribution in [2.75, 3.05) is 30.3 Å². The molecule has 2 aliphatic rings. The van der Waals surface area contributed by atoms with Gasteiger partial charge in [-0.25, -0.2) is 4.98 Å². The molecule has 6 N–H and O–H groups in total. The van der Waals surface area contributed by atoms with Crippen molar-refractivity contribution in [1.82, 2.24) is 20.5 Å². The first-order valence-electron chi connectivity index (χ1n) is 17.8. The van der Waals surface area contributed by atoms with E-state index < -0.39 is 6.04 Å². The fourth-order valence-electron chi connectivity index (χ4n) is 5.90. The van der Waals surface area contributed by atoms with Crippen LogP contribution >= 0.6 is 0 Å². The van der Waals surface area contributed by atoms with Crippen LogP contribution in [0.1, 0.15) is 80.9 Å². The maximum atomic E-state index is 13.5. The van der Waals surface area contributed by atoms with Gasteiger partial charge in [-0.1, -0.05) is 25.0 Å². The highest BCUT2D eigenvalue weighted by Gasteiger charge is 2.33. The molecule has 53 heavy (non-hydrogen) atoms. The van der Waals surface area contributed by atoms with Gasteiger partial charge in [-0.05, 0) is 85.8 Å². The van der Waals surface area contributed by atoms with Gasteiger partial charge in [0.2, 0.25) is 5.91 Å². The molecule has 14 nitrogen and oxygen atoms in total. The molecule has 0 saturated heterocycles. The van der Waals surface area contributed by atoms with E-state index in [1.54, 1.807) is 60.8 Å². The number of rotatable bonds is 17. The van der Waals surface area contributed by atoms with Crippen LogP contribution in [0.15, 0.2) is 83.7 Å². The number of nitrogens with zero attached hydrogens (tertiary/aromatic N) is 2. The minimum atomic E-state index is -0.686. The predicted molar refractivity (Wildman–Crippen MR) is 196 cm³/mol. The average molecular weight is 722 g/mol. The molecule has 3 aromatic carbocycles. The minimum Gasteiger partial charge on any atom is -0.482 e. The van der Waals surface area contributed by atoms with Crippen molar-refractivity contribution in [2.45, 2.75) is 63.6 Å². The Kier molecular flexibility index (Phi) is 12.1. The molecule has 14 heteroatoms. The standard InChI is InChI=1S/C39H43N7O7/c40-32(20-31-21-41-24-53-31)38(50)43-18-4-2-1-3-17-42-36(48)26-9-12-29(13-10-26)44-37(49)27-7-5-25(6-8-27)22-46(30-14-15-30)39(51)28-11-16-33-34(19-28)52-23-35(47)45-33/h5-13,16,19,21,24,30,32H,1-4,14-15,17-18,20,22-23,40H2,(H,42,48)(H,43,50)(H,44,49)(H,45,47)/t32-/m1/s1. The number of ether oxygens (including phenoxy) is 1. The van der Waals surface area contributed by atoms with Gasteiger partial charge in [-0.3, -0.25) is 24.0 Å². The first-order chi connectivity index (χ1) is 25.7. The fourth-order valence-corrected chi connectivity index (χ4v) is 5.90. The summed E-state index contributed by atoms with van der Waals surface area (Å²) in [5, 5.41) is 11.4. The SMILES string of the molecule is N[C@H](Cc1cnco1)C(=O)NCCCCCCNC(=O)c1ccc(NC(=O)c2ccc(CN(C(=O)c3ccc4c(c3)OCC(=O)N4)C3CC3)cc2)cc1. The van der Waals surface area contributed by atoms with E-state index in [-0.39, 0.29) is 42.2 Å². The molecule has 1 aliphatic carbocycles. The van der Waals surface area contributed by atoms with Crippen LogP contribution in [0.5, 0.6) is 5.75 Å². The molecule has 1 atom stereocenters. The van der Waals surface area contributed by atoms with Gasteiger partial charge in [-0.2, -0.15) is 0 Å². The number of fused-ring (bicyclic) bond motifs is 1. The fraction of sp³-hybridized carbons (Fsp3) is 0.333. The molecular formula is C39H43N7O7. The van der Waals surface area contributed by atoms with Crippen LogP contribution < -0.4 is 31.7 Å². The lowest BCUT2D eigenvalue weighted by atomic mass is 10.1. The summed E-state index contributed by atoms with van der Waals surface area (Å²) >= 11 is 0. The third-order valence-corrected chi connectivity index (χ3v) is 9.01. The number of anilines is 2. The van der Waals surface area contributed by atoms with Crippen LogP contribution in [0.3, 0.4) is 0 Å². The van der Waals surface area contributed by atoms with Gasteiger partial charge < -0.3 is 41.1 Å². The number of nitrogens with two attached hydrogens (primary N) is 1. The Bertz CT molecular complexity index is 1910. The van der Waals surface area contributed by atoms with Crippen molar-refractivity contribution in [1.29, 1.82) is 0 Å². The topological polar surface area (TPSA) is 198 Å². The normalized spacial score (nSPS) is 13.9. The molecule has 0 bridgehead atoms. The zero-order valence-corrected chi connectivity index (χ0v) is 29.3. The quantitative estimate of drug-likeness (QED) is 0.1000. The third kappa shape index (κ3) is 10.3. The molecule has 6 rings (SSSR count). The number of aromatic nitrogens is 1. The van der Waals surface area contributed by atoms with E-state index in [4.69, 9.17) is 14.9 Å². The lowest BCUT2D eigenvalue weighted by Gasteiger charge is -2.24. The molecule has 0 spiro atoms. The van der Waals surface area contributed by atoms with Gasteiger partial charge >= 0.3 is 0 Å². The summed E-state index contributed by atoms with van der Waals surface area (Å²) in [5.74, 6) is -0.0215. The summed E-state index contributed by atoms with van der Waals surface area (Å²) in [6, 6.07) is 18.3. The van der Waals surface area contributed by atoms with Crippen LogP contribution in [-0.2, 0) is 22.6 Å². The number of carbonyl (C=O) groups excluding carboxylic acids is 5. The van der Waals surface area contributed by atoms with E-state index >= 15 is 0 Å². The highest BCUT2D eigenvalue weighted by atomic mass is 16.5. The van der Waals surface area contributed by atoms with Gasteiger partial charge in [0.1, 0.15) is 11.5 Å². The zero-order chi connectivity index (χ0) is 37.2. The summed E-state index contributed by atoms with van der Waals surface area (Å²) in [5.41, 5.74) is 9.33. The lowest BCUT2D eigenvalue weighted by molar-refractivity contribution is -0.122. The monoisotopic (exact) mass is 721 g/mol. The van der Waals surface area contributed by atoms with Crippen LogP contribution in [0, 0.1) is 0 Å². The van der Waals surface area contributed by atoms with Crippen molar-refractivity contribution in [2.24, 2.45) is 5.73 Å². The van der Waals surface area contributed by atoms with E-state index in [1.807, 2.05) is 17.0 Å². The van der Waals surface area contributed by atoms with E-state index in [0.717, 1.165) is 44.1 Å². The van der Waals surface area contributed by atoms with Gasteiger partial charge in [0.15, 0.2) is 13.0 Å². The van der Waals surface area contributed by atoms with E-state index in [9.17, 15) is 24.0 Å². The highest BCUT2D eigenvalue weighted by Crippen LogP contribution is 2.33. The molecular weight excluding hydrogens is 678 g/mol. The number of amides is 5. The van der Waals surface area contributed by atoms with Crippen LogP contribution in [-0.4, -0.2) is 71.2 Å². The molecule has 276 valence electrons. The summed E-state index contributed by atoms with van der Waals surface area (Å²) in [4.78, 5) is 68.4. The summed E-state index contributed by atoms with van der Waals surface area (Å²) in [6.45, 7) is 1.37. The van der Waals surface area contributed by atoms with Crippen molar-refractivity contribution < 1.29 is 33.1 Å². The Hall–Kier alpha value is -6.02. The largest absolute Gasteiger partial charge is 0.482 e. The molecule has 0 radical (unpaired) electrons. The van der Waals surface area contributed by atoms with E-state index in [1.165, 1.54) is 6.39 Å². The molecule has 0 unspecified atom stereocenters. The van der Waals surface area contributed by atoms with Gasteiger partial charge in [0.05, 0.1) is 17.9 Å². The van der Waals surface area contributed by atoms with Crippen LogP contribution in [0.2, 0.25) is 0 Å². The Morgan fingerprint density at radius 2 is 1.55 bits per heavy atom. The molecule has 1 fully saturated rings. The Labute approximate surface area is 306 Å². The first-order valence-corrected chi connectivity index (χ1v) is 17.8. The predicted octanol–water partition coefficient (Wildman–Crippen LogP) is 4.04. The van der Waals surface area contributed by atoms with E-state index in [2.05, 4.69) is 26.3 Å². The van der Waals surface area contributed by atoms with Gasteiger partial charge in [-0.15, -0.1) is 0 Å². The van der Waals surface area contributed by atoms with Gasteiger partial charge in [0, 0.05) is 54.5 Å². The van der Waals surface area contributed by atoms with Gasteiger partial charge in [0.25, 0.3) is 23.6 Å². The lowest BCUT2D eigenvalue weighted by Crippen LogP contribution is -2.42. The highest BCUT2D eigenvalue weighted by molar-refractivity contribution is 6.04. The third-order valence-electron chi connectivity index (χ3n) is 9.01. The number of hydrogen-bond acceptors (Lipinski definition) is 9. The number of nitrogens with one attached hydrogen (secondary N) is 4. The smallest absolute Gasteiger partial charge is 0.262 e. The second-order valence-corrected chi connectivity index (χ2v) is 13.2. The Morgan fingerprint density at radius 3 is 2.25 bits per heavy atom. The summed E-state index contributed by atoms with van der Waals surface area (Å²) in [6.07, 6.45) is 8.42.